The van der Waals surface area contributed by atoms with Crippen molar-refractivity contribution in [3.8, 4) is 0 Å². The van der Waals surface area contributed by atoms with E-state index in [1.54, 1.807) is 0 Å². The van der Waals surface area contributed by atoms with Crippen molar-refractivity contribution in [2.24, 2.45) is 0 Å². The Morgan fingerprint density at radius 3 is 2.10 bits per heavy atom. The molecule has 0 bridgehead atoms. The van der Waals surface area contributed by atoms with Crippen LogP contribution in [-0.2, 0) is 0 Å². The fraction of sp³-hybridized carbons (Fsp3) is 0.238. The molecule has 0 saturated heterocycles. The van der Waals surface area contributed by atoms with Gasteiger partial charge in [0.05, 0.1) is 0 Å². The molecule has 0 aliphatic rings. The summed E-state index contributed by atoms with van der Waals surface area (Å²) < 4.78 is 0. The maximum atomic E-state index is 3.91. The predicted molar refractivity (Wildman–Crippen MR) is 97.1 cm³/mol. The van der Waals surface area contributed by atoms with E-state index in [0.717, 1.165) is 12.0 Å². The van der Waals surface area contributed by atoms with Crippen molar-refractivity contribution in [1.82, 2.24) is 0 Å². The number of benzene rings is 1. The molecule has 0 spiro atoms. The Labute approximate surface area is 129 Å². The molecular weight excluding hydrogens is 252 g/mol. The van der Waals surface area contributed by atoms with Crippen LogP contribution in [0.1, 0.15) is 45.2 Å². The van der Waals surface area contributed by atoms with Gasteiger partial charge in [-0.1, -0.05) is 79.8 Å². The number of rotatable bonds is 6. The molecule has 0 nitrogen and oxygen atoms in total. The SMILES string of the molecule is C=C/C(=C\C=C(C)C)c1ccc(/C(=C/C=C\C)CC)cc1. The summed E-state index contributed by atoms with van der Waals surface area (Å²) >= 11 is 0. The van der Waals surface area contributed by atoms with Crippen molar-refractivity contribution in [3.63, 3.8) is 0 Å². The molecule has 0 aliphatic carbocycles. The third-order valence-electron chi connectivity index (χ3n) is 3.28. The molecule has 21 heavy (non-hydrogen) atoms. The van der Waals surface area contributed by atoms with Crippen molar-refractivity contribution < 1.29 is 0 Å². The lowest BCUT2D eigenvalue weighted by molar-refractivity contribution is 1.24. The van der Waals surface area contributed by atoms with Crippen LogP contribution in [0.25, 0.3) is 11.1 Å². The summed E-state index contributed by atoms with van der Waals surface area (Å²) in [5.41, 5.74) is 6.28. The van der Waals surface area contributed by atoms with Gasteiger partial charge in [0, 0.05) is 0 Å². The maximum absolute atomic E-state index is 3.91. The minimum atomic E-state index is 1.03. The molecule has 0 amide bonds. The van der Waals surface area contributed by atoms with Gasteiger partial charge in [0.15, 0.2) is 0 Å². The summed E-state index contributed by atoms with van der Waals surface area (Å²) in [6, 6.07) is 8.71. The molecule has 0 radical (unpaired) electrons. The van der Waals surface area contributed by atoms with E-state index in [1.807, 2.05) is 13.0 Å². The highest BCUT2D eigenvalue weighted by atomic mass is 14.1. The first-order chi connectivity index (χ1) is 10.1. The Bertz CT molecular complexity index is 571. The maximum Gasteiger partial charge on any atom is -0.0184 e. The van der Waals surface area contributed by atoms with Crippen LogP contribution in [0.2, 0.25) is 0 Å². The van der Waals surface area contributed by atoms with Gasteiger partial charge >= 0.3 is 0 Å². The van der Waals surface area contributed by atoms with E-state index in [-0.39, 0.29) is 0 Å². The first-order valence-electron chi connectivity index (χ1n) is 7.52. The van der Waals surface area contributed by atoms with Crippen LogP contribution in [-0.4, -0.2) is 0 Å². The van der Waals surface area contributed by atoms with Crippen molar-refractivity contribution in [2.45, 2.75) is 34.1 Å². The average molecular weight is 278 g/mol. The molecule has 1 aromatic rings. The molecule has 0 fully saturated rings. The third kappa shape index (κ3) is 5.43. The lowest BCUT2D eigenvalue weighted by Gasteiger charge is -2.07. The molecule has 0 heterocycles. The summed E-state index contributed by atoms with van der Waals surface area (Å²) in [5.74, 6) is 0. The molecular formula is C21H26. The van der Waals surface area contributed by atoms with E-state index < -0.39 is 0 Å². The Hall–Kier alpha value is -2.08. The Morgan fingerprint density at radius 1 is 1.00 bits per heavy atom. The lowest BCUT2D eigenvalue weighted by Crippen LogP contribution is -1.85. The number of hydrogen-bond acceptors (Lipinski definition) is 0. The van der Waals surface area contributed by atoms with E-state index in [2.05, 4.69) is 82.0 Å². The second-order valence-corrected chi connectivity index (χ2v) is 5.22. The Balaban J connectivity index is 3.08. The average Bonchev–Trinajstić information content (AvgIpc) is 2.49. The van der Waals surface area contributed by atoms with Crippen molar-refractivity contribution in [2.75, 3.05) is 0 Å². The highest BCUT2D eigenvalue weighted by molar-refractivity contribution is 5.76. The molecule has 1 aromatic carbocycles. The van der Waals surface area contributed by atoms with E-state index in [0.29, 0.717) is 0 Å². The van der Waals surface area contributed by atoms with Crippen LogP contribution >= 0.6 is 0 Å². The molecule has 0 aliphatic heterocycles. The van der Waals surface area contributed by atoms with Gasteiger partial charge in [0.25, 0.3) is 0 Å². The van der Waals surface area contributed by atoms with E-state index in [4.69, 9.17) is 0 Å². The largest absolute Gasteiger partial charge is 0.0984 e. The molecule has 0 atom stereocenters. The zero-order chi connectivity index (χ0) is 15.7. The van der Waals surface area contributed by atoms with Crippen LogP contribution in [0, 0.1) is 0 Å². The van der Waals surface area contributed by atoms with Crippen LogP contribution in [0.3, 0.4) is 0 Å². The van der Waals surface area contributed by atoms with Gasteiger partial charge in [0.2, 0.25) is 0 Å². The van der Waals surface area contributed by atoms with Crippen LogP contribution in [0.5, 0.6) is 0 Å². The number of allylic oxidation sites excluding steroid dienone is 9. The Morgan fingerprint density at radius 2 is 1.62 bits per heavy atom. The highest BCUT2D eigenvalue weighted by Crippen LogP contribution is 2.22. The quantitative estimate of drug-likeness (QED) is 0.515. The molecule has 1 rings (SSSR count). The van der Waals surface area contributed by atoms with Gasteiger partial charge in [-0.05, 0) is 49.5 Å². The van der Waals surface area contributed by atoms with Gasteiger partial charge in [-0.15, -0.1) is 0 Å². The van der Waals surface area contributed by atoms with E-state index in [1.165, 1.54) is 22.3 Å². The van der Waals surface area contributed by atoms with Gasteiger partial charge < -0.3 is 0 Å². The summed E-state index contributed by atoms with van der Waals surface area (Å²) in [4.78, 5) is 0. The summed E-state index contributed by atoms with van der Waals surface area (Å²) in [6.07, 6.45) is 13.5. The zero-order valence-corrected chi connectivity index (χ0v) is 13.7. The summed E-state index contributed by atoms with van der Waals surface area (Å²) in [5, 5.41) is 0. The summed E-state index contributed by atoms with van der Waals surface area (Å²) in [6.45, 7) is 12.3. The minimum Gasteiger partial charge on any atom is -0.0984 e. The smallest absolute Gasteiger partial charge is 0.0184 e. The normalized spacial score (nSPS) is 12.6. The Kier molecular flexibility index (Phi) is 7.25. The highest BCUT2D eigenvalue weighted by Gasteiger charge is 2.00. The first-order valence-corrected chi connectivity index (χ1v) is 7.52. The van der Waals surface area contributed by atoms with Crippen LogP contribution in [0.4, 0.5) is 0 Å². The summed E-state index contributed by atoms with van der Waals surface area (Å²) in [7, 11) is 0. The zero-order valence-electron chi connectivity index (χ0n) is 13.7. The lowest BCUT2D eigenvalue weighted by atomic mass is 9.98. The van der Waals surface area contributed by atoms with Crippen molar-refractivity contribution in [1.29, 1.82) is 0 Å². The minimum absolute atomic E-state index is 1.03. The van der Waals surface area contributed by atoms with Gasteiger partial charge in [0.1, 0.15) is 0 Å². The predicted octanol–water partition coefficient (Wildman–Crippen LogP) is 6.59. The topological polar surface area (TPSA) is 0 Å². The number of hydrogen-bond donors (Lipinski definition) is 0. The molecule has 110 valence electrons. The van der Waals surface area contributed by atoms with E-state index >= 15 is 0 Å². The van der Waals surface area contributed by atoms with Crippen molar-refractivity contribution >= 4 is 11.1 Å². The fourth-order valence-corrected chi connectivity index (χ4v) is 2.05. The molecule has 0 heteroatoms. The van der Waals surface area contributed by atoms with E-state index in [9.17, 15) is 0 Å². The second kappa shape index (κ2) is 8.97. The second-order valence-electron chi connectivity index (χ2n) is 5.22. The monoisotopic (exact) mass is 278 g/mol. The van der Waals surface area contributed by atoms with Gasteiger partial charge in [-0.25, -0.2) is 0 Å². The first kappa shape index (κ1) is 17.0. The van der Waals surface area contributed by atoms with Gasteiger partial charge in [-0.3, -0.25) is 0 Å². The van der Waals surface area contributed by atoms with Gasteiger partial charge in [-0.2, -0.15) is 0 Å². The molecule has 0 N–H and O–H groups in total. The molecule has 0 aromatic heterocycles. The standard InChI is InChI=1S/C21H26/c1-6-9-10-18(7-2)20-13-15-21(16-14-20)19(8-3)12-11-17(4)5/h6,8-16H,3,7H2,1-2,4-5H3/b9-6-,18-10+,19-12+. The van der Waals surface area contributed by atoms with Crippen molar-refractivity contribution in [3.05, 3.63) is 84.0 Å². The van der Waals surface area contributed by atoms with Crippen LogP contribution < -0.4 is 0 Å². The molecule has 0 unspecified atom stereocenters. The fourth-order valence-electron chi connectivity index (χ4n) is 2.05. The van der Waals surface area contributed by atoms with Crippen LogP contribution in [0.15, 0.2) is 72.9 Å². The third-order valence-corrected chi connectivity index (χ3v) is 3.28. The molecule has 0 saturated carbocycles.